The summed E-state index contributed by atoms with van der Waals surface area (Å²) < 4.78 is 0. The van der Waals surface area contributed by atoms with Crippen molar-refractivity contribution in [3.8, 4) is 0 Å². The van der Waals surface area contributed by atoms with E-state index in [4.69, 9.17) is 0 Å². The molecule has 0 saturated carbocycles. The minimum absolute atomic E-state index is 0.00158. The number of carbonyl (C=O) groups is 1. The fraction of sp³-hybridized carbons (Fsp3) is 0.562. The monoisotopic (exact) mass is 293 g/mol. The lowest BCUT2D eigenvalue weighted by molar-refractivity contribution is -0.130. The Bertz CT molecular complexity index is 489. The van der Waals surface area contributed by atoms with Gasteiger partial charge in [-0.25, -0.2) is 0 Å². The molecule has 20 heavy (non-hydrogen) atoms. The maximum atomic E-state index is 12.3. The molecule has 0 radical (unpaired) electrons. The van der Waals surface area contributed by atoms with Crippen molar-refractivity contribution in [2.75, 3.05) is 18.9 Å². The van der Waals surface area contributed by atoms with Gasteiger partial charge in [-0.2, -0.15) is 0 Å². The molecule has 0 aromatic heterocycles. The van der Waals surface area contributed by atoms with Gasteiger partial charge in [-0.1, -0.05) is 24.6 Å². The van der Waals surface area contributed by atoms with E-state index in [0.29, 0.717) is 11.7 Å². The maximum Gasteiger partial charge on any atom is 0.233 e. The quantitative estimate of drug-likeness (QED) is 0.868. The number of aryl methyl sites for hydroxylation is 2. The number of aliphatic hydroxyl groups is 1. The first-order valence-electron chi connectivity index (χ1n) is 7.13. The van der Waals surface area contributed by atoms with Crippen molar-refractivity contribution in [2.45, 2.75) is 38.1 Å². The van der Waals surface area contributed by atoms with Gasteiger partial charge in [0.25, 0.3) is 0 Å². The molecule has 1 aliphatic heterocycles. The summed E-state index contributed by atoms with van der Waals surface area (Å²) in [6.07, 6.45) is 0.991. The zero-order valence-corrected chi connectivity index (χ0v) is 13.2. The van der Waals surface area contributed by atoms with Gasteiger partial charge in [0.05, 0.1) is 18.4 Å². The smallest absolute Gasteiger partial charge is 0.233 e. The first-order chi connectivity index (χ1) is 9.52. The zero-order chi connectivity index (χ0) is 14.7. The third-order valence-electron chi connectivity index (χ3n) is 4.08. The van der Waals surface area contributed by atoms with Crippen LogP contribution >= 0.6 is 11.8 Å². The van der Waals surface area contributed by atoms with Crippen molar-refractivity contribution in [3.05, 3.63) is 29.3 Å². The van der Waals surface area contributed by atoms with Crippen molar-refractivity contribution in [1.29, 1.82) is 0 Å². The van der Waals surface area contributed by atoms with Gasteiger partial charge in [-0.3, -0.25) is 4.79 Å². The van der Waals surface area contributed by atoms with Crippen LogP contribution in [0.2, 0.25) is 0 Å². The van der Waals surface area contributed by atoms with Gasteiger partial charge in [-0.05, 0) is 37.8 Å². The number of aliphatic hydroxyl groups excluding tert-OH is 1. The molecular weight excluding hydrogens is 270 g/mol. The fourth-order valence-corrected chi connectivity index (χ4v) is 3.69. The molecule has 0 aliphatic carbocycles. The summed E-state index contributed by atoms with van der Waals surface area (Å²) in [5.41, 5.74) is 2.43. The first-order valence-corrected chi connectivity index (χ1v) is 8.12. The number of thioether (sulfide) groups is 1. The lowest BCUT2D eigenvalue weighted by Gasteiger charge is -2.25. The average molecular weight is 293 g/mol. The lowest BCUT2D eigenvalue weighted by atomic mass is 10.0. The van der Waals surface area contributed by atoms with E-state index in [1.54, 1.807) is 11.8 Å². The van der Waals surface area contributed by atoms with E-state index in [1.807, 2.05) is 4.90 Å². The predicted molar refractivity (Wildman–Crippen MR) is 83.0 cm³/mol. The van der Waals surface area contributed by atoms with Crippen molar-refractivity contribution >= 4 is 17.7 Å². The topological polar surface area (TPSA) is 40.5 Å². The van der Waals surface area contributed by atoms with Crippen LogP contribution < -0.4 is 0 Å². The number of hydrogen-bond acceptors (Lipinski definition) is 3. The van der Waals surface area contributed by atoms with Gasteiger partial charge in [0, 0.05) is 11.4 Å². The Hall–Kier alpha value is -1.00. The van der Waals surface area contributed by atoms with E-state index >= 15 is 0 Å². The number of rotatable bonds is 4. The van der Waals surface area contributed by atoms with Crippen LogP contribution in [0.25, 0.3) is 0 Å². The van der Waals surface area contributed by atoms with Crippen molar-refractivity contribution in [1.82, 2.24) is 4.90 Å². The van der Waals surface area contributed by atoms with Crippen molar-refractivity contribution < 1.29 is 9.90 Å². The third-order valence-corrected chi connectivity index (χ3v) is 5.23. The van der Waals surface area contributed by atoms with Crippen LogP contribution in [0.4, 0.5) is 0 Å². The zero-order valence-electron chi connectivity index (χ0n) is 12.4. The summed E-state index contributed by atoms with van der Waals surface area (Å²) in [7, 11) is 0. The van der Waals surface area contributed by atoms with Crippen LogP contribution in [-0.2, 0) is 4.79 Å². The van der Waals surface area contributed by atoms with Crippen LogP contribution in [0.5, 0.6) is 0 Å². The molecule has 1 aromatic carbocycles. The molecule has 1 saturated heterocycles. The summed E-state index contributed by atoms with van der Waals surface area (Å²) in [5.74, 6) is 0.988. The molecule has 1 aromatic rings. The number of carbonyl (C=O) groups excluding carboxylic acids is 1. The number of hydrogen-bond donors (Lipinski definition) is 1. The Labute approximate surface area is 125 Å². The Morgan fingerprint density at radius 3 is 2.90 bits per heavy atom. The summed E-state index contributed by atoms with van der Waals surface area (Å²) >= 11 is 1.60. The second-order valence-electron chi connectivity index (χ2n) is 5.66. The Morgan fingerprint density at radius 1 is 1.45 bits per heavy atom. The molecular formula is C16H23NO2S. The summed E-state index contributed by atoms with van der Waals surface area (Å²) in [6.45, 7) is 7.08. The highest BCUT2D eigenvalue weighted by atomic mass is 32.2. The largest absolute Gasteiger partial charge is 0.394 e. The number of amides is 1. The van der Waals surface area contributed by atoms with E-state index in [-0.39, 0.29) is 18.6 Å². The van der Waals surface area contributed by atoms with E-state index < -0.39 is 0 Å². The number of benzene rings is 1. The SMILES string of the molecule is Cc1ccc(C)c(SCC(=O)N2CCC(C)C2CO)c1. The highest BCUT2D eigenvalue weighted by molar-refractivity contribution is 8.00. The molecule has 1 aliphatic rings. The van der Waals surface area contributed by atoms with Crippen LogP contribution in [0.3, 0.4) is 0 Å². The second-order valence-corrected chi connectivity index (χ2v) is 6.68. The molecule has 0 bridgehead atoms. The summed E-state index contributed by atoms with van der Waals surface area (Å²) in [4.78, 5) is 15.3. The maximum absolute atomic E-state index is 12.3. The van der Waals surface area contributed by atoms with Crippen molar-refractivity contribution in [2.24, 2.45) is 5.92 Å². The minimum Gasteiger partial charge on any atom is -0.394 e. The third kappa shape index (κ3) is 3.36. The van der Waals surface area contributed by atoms with Gasteiger partial charge in [0.1, 0.15) is 0 Å². The molecule has 1 amide bonds. The standard InChI is InChI=1S/C16H23NO2S/c1-11-4-5-13(3)15(8-11)20-10-16(19)17-7-6-12(2)14(17)9-18/h4-5,8,12,14,18H,6-7,9-10H2,1-3H3. The minimum atomic E-state index is 0.00158. The lowest BCUT2D eigenvalue weighted by Crippen LogP contribution is -2.40. The van der Waals surface area contributed by atoms with Crippen LogP contribution in [0, 0.1) is 19.8 Å². The first kappa shape index (κ1) is 15.4. The summed E-state index contributed by atoms with van der Waals surface area (Å²) in [5, 5.41) is 9.42. The molecule has 1 N–H and O–H groups in total. The molecule has 2 rings (SSSR count). The van der Waals surface area contributed by atoms with Crippen LogP contribution in [-0.4, -0.2) is 40.9 Å². The Balaban J connectivity index is 1.97. The van der Waals surface area contributed by atoms with Gasteiger partial charge >= 0.3 is 0 Å². The van der Waals surface area contributed by atoms with Gasteiger partial charge in [0.2, 0.25) is 5.91 Å². The molecule has 1 fully saturated rings. The second kappa shape index (κ2) is 6.64. The normalized spacial score (nSPS) is 22.3. The molecule has 2 unspecified atom stereocenters. The molecule has 1 heterocycles. The predicted octanol–water partition coefficient (Wildman–Crippen LogP) is 2.62. The van der Waals surface area contributed by atoms with E-state index in [1.165, 1.54) is 16.0 Å². The van der Waals surface area contributed by atoms with E-state index in [0.717, 1.165) is 13.0 Å². The van der Waals surface area contributed by atoms with Gasteiger partial charge in [0.15, 0.2) is 0 Å². The number of likely N-dealkylation sites (tertiary alicyclic amines) is 1. The molecule has 110 valence electrons. The van der Waals surface area contributed by atoms with Crippen LogP contribution in [0.1, 0.15) is 24.5 Å². The van der Waals surface area contributed by atoms with Gasteiger partial charge < -0.3 is 10.0 Å². The van der Waals surface area contributed by atoms with Gasteiger partial charge in [-0.15, -0.1) is 11.8 Å². The van der Waals surface area contributed by atoms with Crippen LogP contribution in [0.15, 0.2) is 23.1 Å². The fourth-order valence-electron chi connectivity index (χ4n) is 2.68. The summed E-state index contributed by atoms with van der Waals surface area (Å²) in [6, 6.07) is 6.31. The van der Waals surface area contributed by atoms with E-state index in [2.05, 4.69) is 39.0 Å². The van der Waals surface area contributed by atoms with Crippen molar-refractivity contribution in [3.63, 3.8) is 0 Å². The Kier molecular flexibility index (Phi) is 5.11. The molecule has 4 heteroatoms. The Morgan fingerprint density at radius 2 is 2.20 bits per heavy atom. The highest BCUT2D eigenvalue weighted by Crippen LogP contribution is 2.27. The molecule has 3 nitrogen and oxygen atoms in total. The average Bonchev–Trinajstić information content (AvgIpc) is 2.80. The number of nitrogens with zero attached hydrogens (tertiary/aromatic N) is 1. The molecule has 2 atom stereocenters. The molecule has 0 spiro atoms. The van der Waals surface area contributed by atoms with E-state index in [9.17, 15) is 9.90 Å². The highest BCUT2D eigenvalue weighted by Gasteiger charge is 2.33.